The lowest BCUT2D eigenvalue weighted by Gasteiger charge is -2.24. The highest BCUT2D eigenvalue weighted by atomic mass is 31.2. The molecule has 0 atom stereocenters. The molecule has 2 aromatic carbocycles. The molecule has 0 heterocycles. The molecule has 7 N–H and O–H groups in total. The van der Waals surface area contributed by atoms with Crippen LogP contribution in [-0.2, 0) is 17.4 Å². The predicted octanol–water partition coefficient (Wildman–Crippen LogP) is 3.16. The first-order chi connectivity index (χ1) is 14.6. The molecule has 0 fully saturated rings. The van der Waals surface area contributed by atoms with Crippen LogP contribution in [0.25, 0.3) is 11.1 Å². The highest BCUT2D eigenvalue weighted by Crippen LogP contribution is 2.26. The van der Waals surface area contributed by atoms with Crippen molar-refractivity contribution in [2.45, 2.75) is 57.4 Å². The lowest BCUT2D eigenvalue weighted by Crippen LogP contribution is -2.47. The molecular weight excluding hydrogens is 417 g/mol. The number of unbranched alkanes of at least 4 members (excludes halogenated alkanes) is 3. The van der Waals surface area contributed by atoms with Crippen molar-refractivity contribution >= 4 is 7.82 Å². The van der Waals surface area contributed by atoms with Crippen molar-refractivity contribution in [1.29, 1.82) is 0 Å². The van der Waals surface area contributed by atoms with Gasteiger partial charge in [0, 0.05) is 0 Å². The molecule has 0 bridgehead atoms. The first-order valence-electron chi connectivity index (χ1n) is 10.6. The van der Waals surface area contributed by atoms with Gasteiger partial charge in [-0.2, -0.15) is 0 Å². The molecule has 2 aromatic rings. The SMILES string of the molecule is CCCCCCc1ccc(-c2ccc(CCC(N)(CO)CO)cc2)cc1.O=P(O)(O)O. The first-order valence-corrected chi connectivity index (χ1v) is 12.1. The smallest absolute Gasteiger partial charge is 0.394 e. The number of aliphatic hydroxyl groups is 2. The molecule has 0 spiro atoms. The van der Waals surface area contributed by atoms with Gasteiger partial charge in [-0.1, -0.05) is 74.7 Å². The van der Waals surface area contributed by atoms with Gasteiger partial charge in [-0.05, 0) is 47.9 Å². The van der Waals surface area contributed by atoms with E-state index in [-0.39, 0.29) is 13.2 Å². The van der Waals surface area contributed by atoms with E-state index in [0.29, 0.717) is 6.42 Å². The molecule has 0 aliphatic carbocycles. The lowest BCUT2D eigenvalue weighted by molar-refractivity contribution is 0.115. The maximum Gasteiger partial charge on any atom is 0.466 e. The molecule has 2 rings (SSSR count). The number of hydrogen-bond acceptors (Lipinski definition) is 4. The van der Waals surface area contributed by atoms with Crippen LogP contribution in [0, 0.1) is 0 Å². The van der Waals surface area contributed by atoms with Gasteiger partial charge in [0.1, 0.15) is 0 Å². The molecule has 0 aliphatic rings. The van der Waals surface area contributed by atoms with Gasteiger partial charge >= 0.3 is 7.82 Å². The monoisotopic (exact) mass is 453 g/mol. The summed E-state index contributed by atoms with van der Waals surface area (Å²) in [5.41, 5.74) is 10.0. The second kappa shape index (κ2) is 13.8. The first kappa shape index (κ1) is 27.5. The Kier molecular flexibility index (Phi) is 12.2. The zero-order chi connectivity index (χ0) is 23.3. The molecule has 7 nitrogen and oxygen atoms in total. The molecule has 0 radical (unpaired) electrons. The summed E-state index contributed by atoms with van der Waals surface area (Å²) in [5.74, 6) is 0. The zero-order valence-corrected chi connectivity index (χ0v) is 19.0. The number of phosphoric acid groups is 1. The van der Waals surface area contributed by atoms with Crippen molar-refractivity contribution in [2.75, 3.05) is 13.2 Å². The van der Waals surface area contributed by atoms with Crippen LogP contribution < -0.4 is 5.73 Å². The Labute approximate surface area is 184 Å². The zero-order valence-electron chi connectivity index (χ0n) is 18.2. The van der Waals surface area contributed by atoms with Crippen LogP contribution in [0.2, 0.25) is 0 Å². The molecule has 0 aromatic heterocycles. The maximum absolute atomic E-state index is 9.27. The Morgan fingerprint density at radius 1 is 0.774 bits per heavy atom. The van der Waals surface area contributed by atoms with Crippen molar-refractivity contribution < 1.29 is 29.5 Å². The summed E-state index contributed by atoms with van der Waals surface area (Å²) < 4.78 is 8.88. The van der Waals surface area contributed by atoms with Crippen molar-refractivity contribution in [2.24, 2.45) is 5.73 Å². The van der Waals surface area contributed by atoms with Crippen LogP contribution in [0.15, 0.2) is 48.5 Å². The molecule has 8 heteroatoms. The third-order valence-electron chi connectivity index (χ3n) is 5.10. The molecule has 0 saturated carbocycles. The minimum absolute atomic E-state index is 0.202. The fraction of sp³-hybridized carbons (Fsp3) is 0.478. The minimum Gasteiger partial charge on any atom is -0.394 e. The molecular formula is C23H36NO6P. The molecule has 0 saturated heterocycles. The van der Waals surface area contributed by atoms with Crippen molar-refractivity contribution in [1.82, 2.24) is 0 Å². The van der Waals surface area contributed by atoms with E-state index in [4.69, 9.17) is 25.0 Å². The molecule has 174 valence electrons. The predicted molar refractivity (Wildman–Crippen MR) is 123 cm³/mol. The highest BCUT2D eigenvalue weighted by molar-refractivity contribution is 7.45. The van der Waals surface area contributed by atoms with Crippen LogP contribution in [-0.4, -0.2) is 43.6 Å². The Bertz CT molecular complexity index is 776. The Hall–Kier alpha value is -1.57. The average molecular weight is 454 g/mol. The summed E-state index contributed by atoms with van der Waals surface area (Å²) in [4.78, 5) is 21.6. The number of rotatable bonds is 11. The van der Waals surface area contributed by atoms with Gasteiger partial charge in [0.15, 0.2) is 0 Å². The summed E-state index contributed by atoms with van der Waals surface area (Å²) in [5, 5.41) is 18.5. The number of aliphatic hydroxyl groups excluding tert-OH is 2. The van der Waals surface area contributed by atoms with Gasteiger partial charge in [-0.15, -0.1) is 0 Å². The van der Waals surface area contributed by atoms with Crippen molar-refractivity contribution in [3.63, 3.8) is 0 Å². The highest BCUT2D eigenvalue weighted by Gasteiger charge is 2.22. The van der Waals surface area contributed by atoms with E-state index in [2.05, 4.69) is 55.5 Å². The van der Waals surface area contributed by atoms with Crippen LogP contribution in [0.3, 0.4) is 0 Å². The summed E-state index contributed by atoms with van der Waals surface area (Å²) in [6, 6.07) is 17.3. The minimum atomic E-state index is -4.64. The van der Waals surface area contributed by atoms with E-state index in [1.807, 2.05) is 0 Å². The summed E-state index contributed by atoms with van der Waals surface area (Å²) in [7, 11) is -4.64. The topological polar surface area (TPSA) is 144 Å². The molecule has 31 heavy (non-hydrogen) atoms. The Balaban J connectivity index is 0.000000861. The summed E-state index contributed by atoms with van der Waals surface area (Å²) in [6.45, 7) is 1.84. The quantitative estimate of drug-likeness (QED) is 0.226. The summed E-state index contributed by atoms with van der Waals surface area (Å²) in [6.07, 6.45) is 7.66. The number of aryl methyl sites for hydroxylation is 2. The van der Waals surface area contributed by atoms with Gasteiger partial charge in [0.25, 0.3) is 0 Å². The van der Waals surface area contributed by atoms with Crippen molar-refractivity contribution in [3.8, 4) is 11.1 Å². The van der Waals surface area contributed by atoms with Crippen LogP contribution in [0.1, 0.15) is 50.2 Å². The van der Waals surface area contributed by atoms with E-state index < -0.39 is 13.4 Å². The average Bonchev–Trinajstić information content (AvgIpc) is 2.75. The van der Waals surface area contributed by atoms with Crippen LogP contribution >= 0.6 is 7.82 Å². The number of benzene rings is 2. The van der Waals surface area contributed by atoms with Crippen LogP contribution in [0.4, 0.5) is 0 Å². The maximum atomic E-state index is 9.27. The second-order valence-electron chi connectivity index (χ2n) is 7.90. The van der Waals surface area contributed by atoms with Gasteiger partial charge in [0.2, 0.25) is 0 Å². The fourth-order valence-electron chi connectivity index (χ4n) is 3.09. The van der Waals surface area contributed by atoms with E-state index in [1.54, 1.807) is 0 Å². The number of nitrogens with two attached hydrogens (primary N) is 1. The van der Waals surface area contributed by atoms with Gasteiger partial charge < -0.3 is 30.6 Å². The van der Waals surface area contributed by atoms with Crippen LogP contribution in [0.5, 0.6) is 0 Å². The van der Waals surface area contributed by atoms with Gasteiger partial charge in [-0.3, -0.25) is 0 Å². The molecule has 0 unspecified atom stereocenters. The number of hydrogen-bond donors (Lipinski definition) is 6. The van der Waals surface area contributed by atoms with Gasteiger partial charge in [-0.25, -0.2) is 4.57 Å². The largest absolute Gasteiger partial charge is 0.466 e. The Morgan fingerprint density at radius 2 is 1.19 bits per heavy atom. The molecule has 0 amide bonds. The normalized spacial score (nSPS) is 11.7. The van der Waals surface area contributed by atoms with E-state index in [9.17, 15) is 10.2 Å². The van der Waals surface area contributed by atoms with Gasteiger partial charge in [0.05, 0.1) is 18.8 Å². The Morgan fingerprint density at radius 3 is 1.58 bits per heavy atom. The van der Waals surface area contributed by atoms with E-state index in [1.165, 1.54) is 42.4 Å². The van der Waals surface area contributed by atoms with E-state index >= 15 is 0 Å². The third kappa shape index (κ3) is 12.1. The van der Waals surface area contributed by atoms with Crippen molar-refractivity contribution in [3.05, 3.63) is 59.7 Å². The molecule has 0 aliphatic heterocycles. The standard InChI is InChI=1S/C23H33NO2.H3O4P/c1-2-3-4-5-6-19-7-11-21(12-8-19)22-13-9-20(10-14-22)15-16-23(24,17-25)18-26;1-5(2,3)4/h7-14,25-26H,2-6,15-18,24H2,1H3;(H3,1,2,3,4). The lowest BCUT2D eigenvalue weighted by atomic mass is 9.93. The second-order valence-corrected chi connectivity index (χ2v) is 8.92. The fourth-order valence-corrected chi connectivity index (χ4v) is 3.09. The van der Waals surface area contributed by atoms with E-state index in [0.717, 1.165) is 18.4 Å². The third-order valence-corrected chi connectivity index (χ3v) is 5.10. The summed E-state index contributed by atoms with van der Waals surface area (Å²) >= 11 is 0.